The van der Waals surface area contributed by atoms with Gasteiger partial charge in [-0.3, -0.25) is 9.59 Å². The number of furan rings is 1. The third-order valence-electron chi connectivity index (χ3n) is 3.61. The maximum atomic E-state index is 12.2. The van der Waals surface area contributed by atoms with Crippen LogP contribution in [0.2, 0.25) is 0 Å². The SMILES string of the molecule is COc1cc2cc(CNC(=O)c3ccco3)c(=O)[nH]c2cc1OC. The number of rotatable bonds is 5. The van der Waals surface area contributed by atoms with E-state index in [1.54, 1.807) is 37.4 Å². The number of carbonyl (C=O) groups is 1. The number of nitrogens with one attached hydrogen (secondary N) is 2. The third-order valence-corrected chi connectivity index (χ3v) is 3.61. The number of benzene rings is 1. The summed E-state index contributed by atoms with van der Waals surface area (Å²) in [6.07, 6.45) is 1.41. The van der Waals surface area contributed by atoms with Crippen molar-refractivity contribution in [2.45, 2.75) is 6.54 Å². The van der Waals surface area contributed by atoms with E-state index in [1.807, 2.05) is 0 Å². The predicted octanol–water partition coefficient (Wildman–Crippen LogP) is 2.07. The number of aromatic amines is 1. The van der Waals surface area contributed by atoms with Gasteiger partial charge in [0.1, 0.15) is 0 Å². The van der Waals surface area contributed by atoms with Crippen LogP contribution in [0, 0.1) is 0 Å². The van der Waals surface area contributed by atoms with Crippen LogP contribution >= 0.6 is 0 Å². The van der Waals surface area contributed by atoms with Gasteiger partial charge >= 0.3 is 0 Å². The number of hydrogen-bond acceptors (Lipinski definition) is 5. The van der Waals surface area contributed by atoms with Crippen molar-refractivity contribution in [1.82, 2.24) is 10.3 Å². The fourth-order valence-corrected chi connectivity index (χ4v) is 2.38. The van der Waals surface area contributed by atoms with Crippen LogP contribution in [0.3, 0.4) is 0 Å². The number of amides is 1. The molecule has 124 valence electrons. The average molecular weight is 328 g/mol. The van der Waals surface area contributed by atoms with E-state index in [2.05, 4.69) is 10.3 Å². The van der Waals surface area contributed by atoms with Gasteiger partial charge in [0.05, 0.1) is 26.0 Å². The van der Waals surface area contributed by atoms with Crippen LogP contribution < -0.4 is 20.3 Å². The van der Waals surface area contributed by atoms with E-state index in [1.165, 1.54) is 13.4 Å². The molecule has 0 aliphatic rings. The molecule has 2 N–H and O–H groups in total. The maximum Gasteiger partial charge on any atom is 0.287 e. The number of aromatic nitrogens is 1. The smallest absolute Gasteiger partial charge is 0.287 e. The highest BCUT2D eigenvalue weighted by molar-refractivity contribution is 5.91. The number of hydrogen-bond donors (Lipinski definition) is 2. The van der Waals surface area contributed by atoms with Crippen molar-refractivity contribution in [2.75, 3.05) is 14.2 Å². The van der Waals surface area contributed by atoms with E-state index >= 15 is 0 Å². The van der Waals surface area contributed by atoms with E-state index in [0.717, 1.165) is 5.39 Å². The molecule has 2 aromatic heterocycles. The fraction of sp³-hybridized carbons (Fsp3) is 0.176. The quantitative estimate of drug-likeness (QED) is 0.748. The molecular formula is C17H16N2O5. The van der Waals surface area contributed by atoms with Crippen LogP contribution in [-0.2, 0) is 6.54 Å². The molecule has 3 aromatic rings. The van der Waals surface area contributed by atoms with Gasteiger partial charge in [-0.2, -0.15) is 0 Å². The lowest BCUT2D eigenvalue weighted by Gasteiger charge is -2.10. The first-order valence-corrected chi connectivity index (χ1v) is 7.22. The van der Waals surface area contributed by atoms with Crippen LogP contribution in [-0.4, -0.2) is 25.1 Å². The van der Waals surface area contributed by atoms with Gasteiger partial charge < -0.3 is 24.2 Å². The van der Waals surface area contributed by atoms with Crippen molar-refractivity contribution < 1.29 is 18.7 Å². The minimum Gasteiger partial charge on any atom is -0.493 e. The number of fused-ring (bicyclic) bond motifs is 1. The summed E-state index contributed by atoms with van der Waals surface area (Å²) >= 11 is 0. The monoisotopic (exact) mass is 328 g/mol. The van der Waals surface area contributed by atoms with Gasteiger partial charge in [-0.1, -0.05) is 0 Å². The summed E-state index contributed by atoms with van der Waals surface area (Å²) in [5.74, 6) is 0.896. The van der Waals surface area contributed by atoms with E-state index in [4.69, 9.17) is 13.9 Å². The second kappa shape index (κ2) is 6.49. The summed E-state index contributed by atoms with van der Waals surface area (Å²) in [5.41, 5.74) is 0.767. The highest BCUT2D eigenvalue weighted by atomic mass is 16.5. The van der Waals surface area contributed by atoms with E-state index < -0.39 is 0 Å². The van der Waals surface area contributed by atoms with Crippen molar-refractivity contribution in [3.63, 3.8) is 0 Å². The second-order valence-corrected chi connectivity index (χ2v) is 5.08. The van der Waals surface area contributed by atoms with Gasteiger partial charge in [-0.15, -0.1) is 0 Å². The summed E-state index contributed by atoms with van der Waals surface area (Å²) in [5, 5.41) is 3.42. The van der Waals surface area contributed by atoms with Crippen LogP contribution in [0.1, 0.15) is 16.1 Å². The van der Waals surface area contributed by atoms with Crippen molar-refractivity contribution >= 4 is 16.8 Å². The minimum atomic E-state index is -0.383. The summed E-state index contributed by atoms with van der Waals surface area (Å²) in [4.78, 5) is 26.8. The molecule has 0 aliphatic heterocycles. The van der Waals surface area contributed by atoms with Gasteiger partial charge in [0.25, 0.3) is 11.5 Å². The fourth-order valence-electron chi connectivity index (χ4n) is 2.38. The Morgan fingerprint density at radius 1 is 1.21 bits per heavy atom. The number of H-pyrrole nitrogens is 1. The van der Waals surface area contributed by atoms with E-state index in [9.17, 15) is 9.59 Å². The predicted molar refractivity (Wildman–Crippen MR) is 87.6 cm³/mol. The molecule has 7 heteroatoms. The Bertz CT molecular complexity index is 928. The van der Waals surface area contributed by atoms with Gasteiger partial charge in [0, 0.05) is 23.6 Å². The molecule has 0 bridgehead atoms. The molecule has 7 nitrogen and oxygen atoms in total. The molecule has 0 aliphatic carbocycles. The minimum absolute atomic E-state index is 0.0825. The molecule has 0 saturated heterocycles. The topological polar surface area (TPSA) is 93.6 Å². The van der Waals surface area contributed by atoms with Crippen LogP contribution in [0.4, 0.5) is 0 Å². The zero-order chi connectivity index (χ0) is 17.1. The standard InChI is InChI=1S/C17H16N2O5/c1-22-14-7-10-6-11(9-18-17(21)13-4-3-5-24-13)16(20)19-12(10)8-15(14)23-2/h3-8H,9H2,1-2H3,(H,18,21)(H,19,20). The largest absolute Gasteiger partial charge is 0.493 e. The van der Waals surface area contributed by atoms with Crippen molar-refractivity contribution in [3.8, 4) is 11.5 Å². The van der Waals surface area contributed by atoms with Crippen molar-refractivity contribution in [2.24, 2.45) is 0 Å². The van der Waals surface area contributed by atoms with E-state index in [0.29, 0.717) is 22.6 Å². The van der Waals surface area contributed by atoms with Crippen molar-refractivity contribution in [3.05, 3.63) is 58.3 Å². The molecular weight excluding hydrogens is 312 g/mol. The Labute approximate surface area is 137 Å². The van der Waals surface area contributed by atoms with E-state index in [-0.39, 0.29) is 23.8 Å². The lowest BCUT2D eigenvalue weighted by molar-refractivity contribution is 0.0923. The Morgan fingerprint density at radius 2 is 1.96 bits per heavy atom. The molecule has 3 rings (SSSR count). The average Bonchev–Trinajstić information content (AvgIpc) is 3.13. The molecule has 0 radical (unpaired) electrons. The zero-order valence-corrected chi connectivity index (χ0v) is 13.2. The summed E-state index contributed by atoms with van der Waals surface area (Å²) < 4.78 is 15.5. The lowest BCUT2D eigenvalue weighted by Crippen LogP contribution is -2.26. The zero-order valence-electron chi connectivity index (χ0n) is 13.2. The third kappa shape index (κ3) is 2.96. The molecule has 0 saturated carbocycles. The van der Waals surface area contributed by atoms with Crippen LogP contribution in [0.25, 0.3) is 10.9 Å². The number of methoxy groups -OCH3 is 2. The molecule has 0 fully saturated rings. The van der Waals surface area contributed by atoms with Gasteiger partial charge in [0.15, 0.2) is 17.3 Å². The molecule has 1 aromatic carbocycles. The van der Waals surface area contributed by atoms with Gasteiger partial charge in [-0.05, 0) is 24.3 Å². The van der Waals surface area contributed by atoms with Crippen molar-refractivity contribution in [1.29, 1.82) is 0 Å². The first-order chi connectivity index (χ1) is 11.6. The number of ether oxygens (including phenoxy) is 2. The normalized spacial score (nSPS) is 10.6. The Morgan fingerprint density at radius 3 is 2.62 bits per heavy atom. The van der Waals surface area contributed by atoms with Gasteiger partial charge in [-0.25, -0.2) is 0 Å². The number of carbonyl (C=O) groups excluding carboxylic acids is 1. The van der Waals surface area contributed by atoms with Crippen LogP contribution in [0.5, 0.6) is 11.5 Å². The molecule has 0 spiro atoms. The summed E-state index contributed by atoms with van der Waals surface area (Å²) in [7, 11) is 3.07. The molecule has 0 unspecified atom stereocenters. The van der Waals surface area contributed by atoms with Gasteiger partial charge in [0.2, 0.25) is 0 Å². The summed E-state index contributed by atoms with van der Waals surface area (Å²) in [6.45, 7) is 0.0825. The second-order valence-electron chi connectivity index (χ2n) is 5.08. The Balaban J connectivity index is 1.89. The highest BCUT2D eigenvalue weighted by Crippen LogP contribution is 2.30. The van der Waals surface area contributed by atoms with Crippen LogP contribution in [0.15, 0.2) is 45.8 Å². The maximum absolute atomic E-state index is 12.2. The molecule has 1 amide bonds. The number of pyridine rings is 1. The first kappa shape index (κ1) is 15.7. The highest BCUT2D eigenvalue weighted by Gasteiger charge is 2.12. The lowest BCUT2D eigenvalue weighted by atomic mass is 10.1. The molecule has 0 atom stereocenters. The Kier molecular flexibility index (Phi) is 4.24. The molecule has 2 heterocycles. The first-order valence-electron chi connectivity index (χ1n) is 7.22. The summed E-state index contributed by atoms with van der Waals surface area (Å²) in [6, 6.07) is 8.34. The molecule has 24 heavy (non-hydrogen) atoms. The Hall–Kier alpha value is -3.22.